The van der Waals surface area contributed by atoms with Gasteiger partial charge in [-0.05, 0) is 17.7 Å². The Kier molecular flexibility index (Phi) is 5.48. The van der Waals surface area contributed by atoms with Crippen LogP contribution in [0.5, 0.6) is 11.5 Å². The Morgan fingerprint density at radius 3 is 2.62 bits per heavy atom. The monoisotopic (exact) mass is 354 g/mol. The van der Waals surface area contributed by atoms with Crippen LogP contribution in [0, 0.1) is 0 Å². The van der Waals surface area contributed by atoms with E-state index in [-0.39, 0.29) is 24.9 Å². The van der Waals surface area contributed by atoms with E-state index in [0.717, 1.165) is 5.56 Å². The number of rotatable bonds is 7. The first-order valence-corrected chi connectivity index (χ1v) is 7.94. The van der Waals surface area contributed by atoms with Gasteiger partial charge < -0.3 is 18.7 Å². The molecular formula is C19H18N2O5. The number of hydrogen-bond acceptors (Lipinski definition) is 7. The first-order valence-electron chi connectivity index (χ1n) is 7.94. The van der Waals surface area contributed by atoms with Crippen LogP contribution in [0.4, 0.5) is 0 Å². The molecule has 0 fully saturated rings. The fourth-order valence-electron chi connectivity index (χ4n) is 2.36. The zero-order valence-electron chi connectivity index (χ0n) is 14.5. The number of carbonyl (C=O) groups excluding carboxylic acids is 1. The van der Waals surface area contributed by atoms with Crippen molar-refractivity contribution in [1.29, 1.82) is 0 Å². The average Bonchev–Trinajstić information content (AvgIpc) is 3.15. The highest BCUT2D eigenvalue weighted by Gasteiger charge is 2.15. The number of nitrogens with zero attached hydrogens (tertiary/aromatic N) is 2. The quantitative estimate of drug-likeness (QED) is 0.603. The van der Waals surface area contributed by atoms with Crippen LogP contribution in [0.3, 0.4) is 0 Å². The van der Waals surface area contributed by atoms with Crippen LogP contribution in [0.2, 0.25) is 0 Å². The first-order chi connectivity index (χ1) is 12.7. The number of esters is 1. The van der Waals surface area contributed by atoms with E-state index in [0.29, 0.717) is 22.9 Å². The second kappa shape index (κ2) is 8.15. The summed E-state index contributed by atoms with van der Waals surface area (Å²) < 4.78 is 20.8. The van der Waals surface area contributed by atoms with Gasteiger partial charge in [-0.15, -0.1) is 0 Å². The summed E-state index contributed by atoms with van der Waals surface area (Å²) in [5, 5.41) is 3.91. The minimum Gasteiger partial charge on any atom is -0.497 e. The molecule has 0 atom stereocenters. The van der Waals surface area contributed by atoms with Gasteiger partial charge in [-0.25, -0.2) is 0 Å². The summed E-state index contributed by atoms with van der Waals surface area (Å²) in [6.07, 6.45) is 0.189. The molecule has 134 valence electrons. The molecule has 0 aliphatic carbocycles. The van der Waals surface area contributed by atoms with Gasteiger partial charge in [-0.3, -0.25) is 4.79 Å². The summed E-state index contributed by atoms with van der Waals surface area (Å²) in [6, 6.07) is 14.6. The van der Waals surface area contributed by atoms with E-state index in [1.807, 2.05) is 30.3 Å². The summed E-state index contributed by atoms with van der Waals surface area (Å²) in [6.45, 7) is -0.0862. The molecule has 0 aliphatic heterocycles. The summed E-state index contributed by atoms with van der Waals surface area (Å²) in [5.74, 6) is 1.40. The molecule has 0 amide bonds. The standard InChI is InChI=1S/C19H18N2O5/c1-23-14-8-9-15(16(11-14)24-2)19-20-17(26-21-19)12-25-18(22)10-13-6-4-3-5-7-13/h3-9,11H,10,12H2,1-2H3. The SMILES string of the molecule is COc1ccc(-c2noc(COC(=O)Cc3ccccc3)n2)c(OC)c1. The molecule has 7 nitrogen and oxygen atoms in total. The molecule has 0 saturated heterocycles. The molecule has 0 saturated carbocycles. The molecule has 7 heteroatoms. The number of ether oxygens (including phenoxy) is 3. The van der Waals surface area contributed by atoms with Gasteiger partial charge in [0.1, 0.15) is 11.5 Å². The molecule has 0 unspecified atom stereocenters. The maximum Gasteiger partial charge on any atom is 0.310 e. The summed E-state index contributed by atoms with van der Waals surface area (Å²) in [5.41, 5.74) is 1.53. The number of aromatic nitrogens is 2. The first kappa shape index (κ1) is 17.5. The Labute approximate surface area is 150 Å². The molecule has 0 bridgehead atoms. The van der Waals surface area contributed by atoms with Gasteiger partial charge in [0.2, 0.25) is 5.82 Å². The molecule has 0 aliphatic rings. The Hall–Kier alpha value is -3.35. The zero-order chi connectivity index (χ0) is 18.4. The molecule has 26 heavy (non-hydrogen) atoms. The number of methoxy groups -OCH3 is 2. The largest absolute Gasteiger partial charge is 0.497 e. The molecule has 2 aromatic carbocycles. The molecule has 1 aromatic heterocycles. The predicted molar refractivity (Wildman–Crippen MR) is 92.8 cm³/mol. The van der Waals surface area contributed by atoms with Crippen molar-refractivity contribution in [2.75, 3.05) is 14.2 Å². The smallest absolute Gasteiger partial charge is 0.310 e. The van der Waals surface area contributed by atoms with Gasteiger partial charge >= 0.3 is 5.97 Å². The van der Waals surface area contributed by atoms with Crippen molar-refractivity contribution >= 4 is 5.97 Å². The van der Waals surface area contributed by atoms with Gasteiger partial charge in [-0.2, -0.15) is 4.98 Å². The van der Waals surface area contributed by atoms with E-state index < -0.39 is 0 Å². The third-order valence-corrected chi connectivity index (χ3v) is 3.67. The highest BCUT2D eigenvalue weighted by Crippen LogP contribution is 2.31. The van der Waals surface area contributed by atoms with Crippen LogP contribution in [-0.2, 0) is 22.6 Å². The van der Waals surface area contributed by atoms with E-state index in [2.05, 4.69) is 10.1 Å². The molecule has 0 N–H and O–H groups in total. The minimum absolute atomic E-state index is 0.0862. The lowest BCUT2D eigenvalue weighted by Crippen LogP contribution is -2.08. The molecule has 1 heterocycles. The summed E-state index contributed by atoms with van der Waals surface area (Å²) in [4.78, 5) is 16.1. The molecular weight excluding hydrogens is 336 g/mol. The maximum atomic E-state index is 11.9. The van der Waals surface area contributed by atoms with Crippen LogP contribution < -0.4 is 9.47 Å². The lowest BCUT2D eigenvalue weighted by Gasteiger charge is -2.07. The van der Waals surface area contributed by atoms with Crippen LogP contribution >= 0.6 is 0 Å². The Bertz CT molecular complexity index is 877. The molecule has 0 radical (unpaired) electrons. The Balaban J connectivity index is 1.64. The predicted octanol–water partition coefficient (Wildman–Crippen LogP) is 3.04. The van der Waals surface area contributed by atoms with Gasteiger partial charge in [0.25, 0.3) is 5.89 Å². The van der Waals surface area contributed by atoms with Crippen LogP contribution in [-0.4, -0.2) is 30.3 Å². The van der Waals surface area contributed by atoms with Crippen LogP contribution in [0.1, 0.15) is 11.5 Å². The number of carbonyl (C=O) groups is 1. The third-order valence-electron chi connectivity index (χ3n) is 3.67. The van der Waals surface area contributed by atoms with E-state index >= 15 is 0 Å². The number of benzene rings is 2. The normalized spacial score (nSPS) is 10.4. The second-order valence-corrected chi connectivity index (χ2v) is 5.40. The maximum absolute atomic E-state index is 11.9. The van der Waals surface area contributed by atoms with Crippen molar-refractivity contribution in [3.63, 3.8) is 0 Å². The van der Waals surface area contributed by atoms with E-state index in [9.17, 15) is 4.79 Å². The van der Waals surface area contributed by atoms with Crippen molar-refractivity contribution in [2.24, 2.45) is 0 Å². The number of hydrogen-bond donors (Lipinski definition) is 0. The lowest BCUT2D eigenvalue weighted by molar-refractivity contribution is -0.144. The Morgan fingerprint density at radius 2 is 1.88 bits per heavy atom. The van der Waals surface area contributed by atoms with Gasteiger partial charge in [0.15, 0.2) is 6.61 Å². The fourth-order valence-corrected chi connectivity index (χ4v) is 2.36. The van der Waals surface area contributed by atoms with E-state index in [4.69, 9.17) is 18.7 Å². The highest BCUT2D eigenvalue weighted by molar-refractivity contribution is 5.72. The average molecular weight is 354 g/mol. The lowest BCUT2D eigenvalue weighted by atomic mass is 10.2. The van der Waals surface area contributed by atoms with Crippen molar-refractivity contribution in [3.05, 3.63) is 60.0 Å². The van der Waals surface area contributed by atoms with E-state index in [1.54, 1.807) is 32.4 Å². The minimum atomic E-state index is -0.363. The molecule has 0 spiro atoms. The van der Waals surface area contributed by atoms with Crippen molar-refractivity contribution in [3.8, 4) is 22.9 Å². The second-order valence-electron chi connectivity index (χ2n) is 5.40. The third kappa shape index (κ3) is 4.18. The van der Waals surface area contributed by atoms with Gasteiger partial charge in [0.05, 0.1) is 26.2 Å². The van der Waals surface area contributed by atoms with Crippen molar-refractivity contribution in [2.45, 2.75) is 13.0 Å². The summed E-state index contributed by atoms with van der Waals surface area (Å²) >= 11 is 0. The van der Waals surface area contributed by atoms with Gasteiger partial charge in [-0.1, -0.05) is 35.5 Å². The van der Waals surface area contributed by atoms with Crippen molar-refractivity contribution in [1.82, 2.24) is 10.1 Å². The van der Waals surface area contributed by atoms with E-state index in [1.165, 1.54) is 0 Å². The van der Waals surface area contributed by atoms with Crippen molar-refractivity contribution < 1.29 is 23.5 Å². The van der Waals surface area contributed by atoms with Crippen LogP contribution in [0.25, 0.3) is 11.4 Å². The molecule has 3 rings (SSSR count). The molecule has 3 aromatic rings. The summed E-state index contributed by atoms with van der Waals surface area (Å²) in [7, 11) is 3.12. The highest BCUT2D eigenvalue weighted by atomic mass is 16.6. The zero-order valence-corrected chi connectivity index (χ0v) is 14.5. The van der Waals surface area contributed by atoms with Gasteiger partial charge in [0, 0.05) is 6.07 Å². The Morgan fingerprint density at radius 1 is 1.08 bits per heavy atom. The topological polar surface area (TPSA) is 83.7 Å². The van der Waals surface area contributed by atoms with Crippen LogP contribution in [0.15, 0.2) is 53.1 Å². The fraction of sp³-hybridized carbons (Fsp3) is 0.211.